The zero-order valence-electron chi connectivity index (χ0n) is 11.1. The highest BCUT2D eigenvalue weighted by molar-refractivity contribution is 6.01. The van der Waals surface area contributed by atoms with Crippen LogP contribution in [-0.2, 0) is 0 Å². The van der Waals surface area contributed by atoms with E-state index in [0.29, 0.717) is 5.39 Å². The zero-order valence-corrected chi connectivity index (χ0v) is 11.1. The van der Waals surface area contributed by atoms with Crippen molar-refractivity contribution in [2.45, 2.75) is 27.7 Å². The van der Waals surface area contributed by atoms with Gasteiger partial charge in [-0.3, -0.25) is 9.59 Å². The van der Waals surface area contributed by atoms with Gasteiger partial charge in [0.1, 0.15) is 0 Å². The second-order valence-electron chi connectivity index (χ2n) is 5.66. The first-order chi connectivity index (χ1) is 8.30. The summed E-state index contributed by atoms with van der Waals surface area (Å²) < 4.78 is 0. The minimum Gasteiger partial charge on any atom is -0.360 e. The number of aromatic nitrogens is 1. The first-order valence-electron chi connectivity index (χ1n) is 5.97. The molecule has 1 heterocycles. The molecular formula is C15H17NO2. The van der Waals surface area contributed by atoms with Crippen LogP contribution in [-0.4, -0.2) is 10.8 Å². The summed E-state index contributed by atoms with van der Waals surface area (Å²) in [5.41, 5.74) is 1.34. The van der Waals surface area contributed by atoms with Gasteiger partial charge in [0.05, 0.1) is 5.56 Å². The van der Waals surface area contributed by atoms with Crippen molar-refractivity contribution in [3.63, 3.8) is 0 Å². The molecule has 0 spiro atoms. The van der Waals surface area contributed by atoms with Crippen molar-refractivity contribution in [1.82, 2.24) is 4.98 Å². The Bertz CT molecular complexity index is 675. The van der Waals surface area contributed by atoms with E-state index in [1.54, 1.807) is 6.07 Å². The summed E-state index contributed by atoms with van der Waals surface area (Å²) in [6, 6.07) is 5.55. The fraction of sp³-hybridized carbons (Fsp3) is 0.333. The maximum Gasteiger partial charge on any atom is 0.200 e. The average molecular weight is 243 g/mol. The van der Waals surface area contributed by atoms with Gasteiger partial charge in [0.25, 0.3) is 0 Å². The summed E-state index contributed by atoms with van der Waals surface area (Å²) in [6.07, 6.45) is 1.53. The monoisotopic (exact) mass is 243 g/mol. The van der Waals surface area contributed by atoms with Crippen molar-refractivity contribution in [3.05, 3.63) is 45.7 Å². The predicted octanol–water partition coefficient (Wildman–Crippen LogP) is 3.07. The third-order valence-electron chi connectivity index (χ3n) is 2.96. The summed E-state index contributed by atoms with van der Waals surface area (Å²) in [5.74, 6) is -0.133. The van der Waals surface area contributed by atoms with E-state index in [1.165, 1.54) is 6.20 Å². The highest BCUT2D eigenvalue weighted by atomic mass is 16.1. The largest absolute Gasteiger partial charge is 0.360 e. The number of carbonyl (C=O) groups excluding carboxylic acids is 1. The van der Waals surface area contributed by atoms with Crippen LogP contribution in [0.3, 0.4) is 0 Å². The van der Waals surface area contributed by atoms with E-state index in [4.69, 9.17) is 0 Å². The van der Waals surface area contributed by atoms with Crippen LogP contribution in [0.4, 0.5) is 0 Å². The maximum atomic E-state index is 12.3. The molecule has 0 saturated heterocycles. The molecule has 0 aliphatic rings. The molecule has 0 unspecified atom stereocenters. The van der Waals surface area contributed by atoms with E-state index in [9.17, 15) is 9.59 Å². The van der Waals surface area contributed by atoms with Crippen molar-refractivity contribution >= 4 is 16.7 Å². The molecule has 0 aliphatic carbocycles. The number of Topliss-reactive ketones (excluding diaryl/α,β-unsaturated/α-hetero) is 1. The maximum absolute atomic E-state index is 12.3. The Kier molecular flexibility index (Phi) is 2.85. The van der Waals surface area contributed by atoms with Gasteiger partial charge in [-0.05, 0) is 24.6 Å². The normalized spacial score (nSPS) is 11.8. The van der Waals surface area contributed by atoms with Gasteiger partial charge < -0.3 is 4.98 Å². The van der Waals surface area contributed by atoms with Crippen molar-refractivity contribution in [2.24, 2.45) is 5.41 Å². The quantitative estimate of drug-likeness (QED) is 0.782. The highest BCUT2D eigenvalue weighted by Gasteiger charge is 2.25. The number of hydrogen-bond donors (Lipinski definition) is 1. The van der Waals surface area contributed by atoms with Gasteiger partial charge in [-0.25, -0.2) is 0 Å². The SMILES string of the molecule is Cc1ccc2c(=O)c(C(=O)C(C)(C)C)c[nH]c2c1. The van der Waals surface area contributed by atoms with Crippen LogP contribution in [0, 0.1) is 12.3 Å². The van der Waals surface area contributed by atoms with Gasteiger partial charge in [0.2, 0.25) is 0 Å². The number of hydrogen-bond acceptors (Lipinski definition) is 2. The first kappa shape index (κ1) is 12.6. The van der Waals surface area contributed by atoms with Crippen LogP contribution in [0.5, 0.6) is 0 Å². The Balaban J connectivity index is 2.70. The highest BCUT2D eigenvalue weighted by Crippen LogP contribution is 2.20. The number of aryl methyl sites for hydroxylation is 1. The summed E-state index contributed by atoms with van der Waals surface area (Å²) in [6.45, 7) is 7.41. The number of nitrogens with one attached hydrogen (secondary N) is 1. The van der Waals surface area contributed by atoms with Gasteiger partial charge in [-0.1, -0.05) is 26.8 Å². The van der Waals surface area contributed by atoms with Crippen LogP contribution in [0.1, 0.15) is 36.7 Å². The molecule has 1 aromatic heterocycles. The van der Waals surface area contributed by atoms with E-state index in [0.717, 1.165) is 11.1 Å². The Morgan fingerprint density at radius 3 is 2.50 bits per heavy atom. The third-order valence-corrected chi connectivity index (χ3v) is 2.96. The van der Waals surface area contributed by atoms with E-state index >= 15 is 0 Å². The zero-order chi connectivity index (χ0) is 13.5. The molecule has 1 N–H and O–H groups in total. The lowest BCUT2D eigenvalue weighted by Gasteiger charge is -2.16. The van der Waals surface area contributed by atoms with Gasteiger partial charge in [0, 0.05) is 22.5 Å². The first-order valence-corrected chi connectivity index (χ1v) is 5.97. The Labute approximate surface area is 106 Å². The molecule has 94 valence electrons. The van der Waals surface area contributed by atoms with Crippen molar-refractivity contribution < 1.29 is 4.79 Å². The van der Waals surface area contributed by atoms with Crippen LogP contribution in [0.2, 0.25) is 0 Å². The van der Waals surface area contributed by atoms with E-state index in [1.807, 2.05) is 39.8 Å². The number of benzene rings is 1. The Morgan fingerprint density at radius 1 is 1.22 bits per heavy atom. The average Bonchev–Trinajstić information content (AvgIpc) is 2.27. The summed E-state index contributed by atoms with van der Waals surface area (Å²) in [5, 5.41) is 0.565. The third kappa shape index (κ3) is 2.08. The van der Waals surface area contributed by atoms with E-state index in [2.05, 4.69) is 4.98 Å². The number of carbonyl (C=O) groups is 1. The number of fused-ring (bicyclic) bond motifs is 1. The van der Waals surface area contributed by atoms with E-state index in [-0.39, 0.29) is 16.8 Å². The van der Waals surface area contributed by atoms with Gasteiger partial charge in [0.15, 0.2) is 11.2 Å². The molecule has 0 bridgehead atoms. The molecule has 0 radical (unpaired) electrons. The minimum atomic E-state index is -0.550. The van der Waals surface area contributed by atoms with Crippen LogP contribution >= 0.6 is 0 Å². The predicted molar refractivity (Wildman–Crippen MR) is 73.1 cm³/mol. The number of aromatic amines is 1. The van der Waals surface area contributed by atoms with Crippen molar-refractivity contribution in [1.29, 1.82) is 0 Å². The number of ketones is 1. The van der Waals surface area contributed by atoms with Crippen LogP contribution in [0.15, 0.2) is 29.2 Å². The molecule has 1 aromatic carbocycles. The number of H-pyrrole nitrogens is 1. The molecule has 0 saturated carbocycles. The van der Waals surface area contributed by atoms with Crippen LogP contribution in [0.25, 0.3) is 10.9 Å². The second-order valence-corrected chi connectivity index (χ2v) is 5.66. The Morgan fingerprint density at radius 2 is 1.89 bits per heavy atom. The lowest BCUT2D eigenvalue weighted by molar-refractivity contribution is 0.0857. The standard InChI is InChI=1S/C15H17NO2/c1-9-5-6-10-12(7-9)16-8-11(13(10)17)14(18)15(2,3)4/h5-8H,1-4H3,(H,16,17). The summed E-state index contributed by atoms with van der Waals surface area (Å²) >= 11 is 0. The molecule has 3 nitrogen and oxygen atoms in total. The number of pyridine rings is 1. The van der Waals surface area contributed by atoms with Crippen molar-refractivity contribution in [3.8, 4) is 0 Å². The van der Waals surface area contributed by atoms with Crippen molar-refractivity contribution in [2.75, 3.05) is 0 Å². The van der Waals surface area contributed by atoms with Crippen LogP contribution < -0.4 is 5.43 Å². The van der Waals surface area contributed by atoms with Gasteiger partial charge in [-0.15, -0.1) is 0 Å². The van der Waals surface area contributed by atoms with Gasteiger partial charge >= 0.3 is 0 Å². The smallest absolute Gasteiger partial charge is 0.200 e. The molecule has 0 aliphatic heterocycles. The topological polar surface area (TPSA) is 49.9 Å². The fourth-order valence-electron chi connectivity index (χ4n) is 1.91. The lowest BCUT2D eigenvalue weighted by Crippen LogP contribution is -2.26. The molecule has 0 fully saturated rings. The molecule has 0 amide bonds. The lowest BCUT2D eigenvalue weighted by atomic mass is 9.86. The fourth-order valence-corrected chi connectivity index (χ4v) is 1.91. The molecule has 2 rings (SSSR count). The Hall–Kier alpha value is -1.90. The number of rotatable bonds is 1. The summed E-state index contributed by atoms with van der Waals surface area (Å²) in [4.78, 5) is 27.5. The van der Waals surface area contributed by atoms with Gasteiger partial charge in [-0.2, -0.15) is 0 Å². The van der Waals surface area contributed by atoms with E-state index < -0.39 is 5.41 Å². The molecule has 3 heteroatoms. The molecular weight excluding hydrogens is 226 g/mol. The molecule has 0 atom stereocenters. The summed E-state index contributed by atoms with van der Waals surface area (Å²) in [7, 11) is 0. The second kappa shape index (κ2) is 4.09. The minimum absolute atomic E-state index is 0.133. The molecule has 18 heavy (non-hydrogen) atoms. The molecule has 2 aromatic rings.